The molecule has 4 heteroatoms. The van der Waals surface area contributed by atoms with E-state index >= 15 is 0 Å². The van der Waals surface area contributed by atoms with Gasteiger partial charge in [-0.2, -0.15) is 5.26 Å². The van der Waals surface area contributed by atoms with E-state index in [4.69, 9.17) is 15.2 Å². The first kappa shape index (κ1) is 15.1. The Bertz CT molecular complexity index is 776. The van der Waals surface area contributed by atoms with Gasteiger partial charge in [-0.15, -0.1) is 0 Å². The standard InChI is InChI=1S/C19H18N2O2/c1-2-22-12-17-15-10-14(13-6-4-3-5-7-13)8-9-18(15)23-19(21)16(17)11-20/h3-10,17H,2,12,21H2,1H3. The van der Waals surface area contributed by atoms with Gasteiger partial charge in [-0.25, -0.2) is 0 Å². The molecule has 1 unspecified atom stereocenters. The molecule has 0 spiro atoms. The summed E-state index contributed by atoms with van der Waals surface area (Å²) in [6.07, 6.45) is 0. The van der Waals surface area contributed by atoms with Crippen molar-refractivity contribution in [1.82, 2.24) is 0 Å². The topological polar surface area (TPSA) is 68.3 Å². The number of fused-ring (bicyclic) bond motifs is 1. The van der Waals surface area contributed by atoms with E-state index in [0.717, 1.165) is 16.7 Å². The Morgan fingerprint density at radius 1 is 1.17 bits per heavy atom. The average molecular weight is 306 g/mol. The first-order valence-electron chi connectivity index (χ1n) is 7.59. The lowest BCUT2D eigenvalue weighted by Crippen LogP contribution is -2.23. The molecular weight excluding hydrogens is 288 g/mol. The van der Waals surface area contributed by atoms with Gasteiger partial charge in [0.1, 0.15) is 11.8 Å². The number of nitrogens with two attached hydrogens (primary N) is 1. The molecule has 0 saturated heterocycles. The van der Waals surface area contributed by atoms with Crippen LogP contribution >= 0.6 is 0 Å². The summed E-state index contributed by atoms with van der Waals surface area (Å²) in [5, 5.41) is 9.42. The van der Waals surface area contributed by atoms with Gasteiger partial charge in [0, 0.05) is 12.2 Å². The summed E-state index contributed by atoms with van der Waals surface area (Å²) >= 11 is 0. The Labute approximate surface area is 135 Å². The fraction of sp³-hybridized carbons (Fsp3) is 0.211. The van der Waals surface area contributed by atoms with Crippen LogP contribution in [0.4, 0.5) is 0 Å². The summed E-state index contributed by atoms with van der Waals surface area (Å²) in [6, 6.07) is 18.2. The number of hydrogen-bond donors (Lipinski definition) is 1. The number of benzene rings is 2. The second-order valence-corrected chi connectivity index (χ2v) is 5.32. The third-order valence-corrected chi connectivity index (χ3v) is 3.94. The molecule has 0 amide bonds. The number of nitriles is 1. The van der Waals surface area contributed by atoms with Crippen molar-refractivity contribution in [2.24, 2.45) is 5.73 Å². The van der Waals surface area contributed by atoms with Crippen molar-refractivity contribution in [1.29, 1.82) is 5.26 Å². The molecule has 1 aliphatic heterocycles. The van der Waals surface area contributed by atoms with Crippen LogP contribution in [0, 0.1) is 11.3 Å². The van der Waals surface area contributed by atoms with Gasteiger partial charge in [0.15, 0.2) is 0 Å². The zero-order valence-electron chi connectivity index (χ0n) is 13.0. The molecule has 116 valence electrons. The van der Waals surface area contributed by atoms with E-state index in [1.165, 1.54) is 0 Å². The molecule has 0 saturated carbocycles. The predicted octanol–water partition coefficient (Wildman–Crippen LogP) is 3.56. The normalized spacial score (nSPS) is 16.4. The Balaban J connectivity index is 2.06. The summed E-state index contributed by atoms with van der Waals surface area (Å²) in [6.45, 7) is 2.93. The van der Waals surface area contributed by atoms with E-state index in [1.54, 1.807) is 0 Å². The van der Waals surface area contributed by atoms with Gasteiger partial charge in [0.25, 0.3) is 0 Å². The van der Waals surface area contributed by atoms with Gasteiger partial charge in [-0.1, -0.05) is 36.4 Å². The second-order valence-electron chi connectivity index (χ2n) is 5.32. The SMILES string of the molecule is CCOCC1C(C#N)=C(N)Oc2ccc(-c3ccccc3)cc21. The van der Waals surface area contributed by atoms with E-state index in [0.29, 0.717) is 24.5 Å². The third-order valence-electron chi connectivity index (χ3n) is 3.94. The van der Waals surface area contributed by atoms with Crippen LogP contribution in [0.3, 0.4) is 0 Å². The zero-order valence-corrected chi connectivity index (χ0v) is 13.0. The summed E-state index contributed by atoms with van der Waals surface area (Å²) < 4.78 is 11.2. The van der Waals surface area contributed by atoms with Crippen molar-refractivity contribution >= 4 is 0 Å². The van der Waals surface area contributed by atoms with Crippen molar-refractivity contribution in [2.75, 3.05) is 13.2 Å². The van der Waals surface area contributed by atoms with Crippen LogP contribution in [0.25, 0.3) is 11.1 Å². The van der Waals surface area contributed by atoms with Crippen LogP contribution in [0.15, 0.2) is 60.0 Å². The van der Waals surface area contributed by atoms with Crippen molar-refractivity contribution in [2.45, 2.75) is 12.8 Å². The molecular formula is C19H18N2O2. The maximum atomic E-state index is 9.42. The highest BCUT2D eigenvalue weighted by atomic mass is 16.5. The Kier molecular flexibility index (Phi) is 4.31. The van der Waals surface area contributed by atoms with E-state index in [-0.39, 0.29) is 11.8 Å². The molecule has 2 aromatic carbocycles. The summed E-state index contributed by atoms with van der Waals surface area (Å²) in [4.78, 5) is 0. The fourth-order valence-corrected chi connectivity index (χ4v) is 2.77. The maximum Gasteiger partial charge on any atom is 0.205 e. The highest BCUT2D eigenvalue weighted by Crippen LogP contribution is 2.40. The number of ether oxygens (including phenoxy) is 2. The highest BCUT2D eigenvalue weighted by molar-refractivity contribution is 5.67. The van der Waals surface area contributed by atoms with Gasteiger partial charge in [-0.3, -0.25) is 0 Å². The molecule has 1 atom stereocenters. The first-order valence-corrected chi connectivity index (χ1v) is 7.59. The van der Waals surface area contributed by atoms with Crippen molar-refractivity contribution in [3.05, 3.63) is 65.6 Å². The van der Waals surface area contributed by atoms with Gasteiger partial charge in [0.2, 0.25) is 5.88 Å². The summed E-state index contributed by atoms with van der Waals surface area (Å²) in [5.41, 5.74) is 9.45. The molecule has 0 aromatic heterocycles. The Hall–Kier alpha value is -2.77. The number of rotatable bonds is 4. The van der Waals surface area contributed by atoms with E-state index in [2.05, 4.69) is 24.3 Å². The van der Waals surface area contributed by atoms with Crippen LogP contribution in [-0.2, 0) is 4.74 Å². The smallest absolute Gasteiger partial charge is 0.205 e. The molecule has 2 N–H and O–H groups in total. The molecule has 0 bridgehead atoms. The fourth-order valence-electron chi connectivity index (χ4n) is 2.77. The first-order chi connectivity index (χ1) is 11.2. The van der Waals surface area contributed by atoms with Crippen LogP contribution in [-0.4, -0.2) is 13.2 Å². The van der Waals surface area contributed by atoms with E-state index < -0.39 is 0 Å². The van der Waals surface area contributed by atoms with Crippen LogP contribution < -0.4 is 10.5 Å². The quantitative estimate of drug-likeness (QED) is 0.937. The van der Waals surface area contributed by atoms with Crippen LogP contribution in [0.1, 0.15) is 18.4 Å². The number of nitrogens with zero attached hydrogens (tertiary/aromatic N) is 1. The summed E-state index contributed by atoms with van der Waals surface area (Å²) in [5.74, 6) is 0.649. The molecule has 3 rings (SSSR count). The molecule has 4 nitrogen and oxygen atoms in total. The van der Waals surface area contributed by atoms with Crippen molar-refractivity contribution in [3.63, 3.8) is 0 Å². The molecule has 0 radical (unpaired) electrons. The zero-order chi connectivity index (χ0) is 16.2. The molecule has 2 aromatic rings. The summed E-state index contributed by atoms with van der Waals surface area (Å²) in [7, 11) is 0. The minimum absolute atomic E-state index is 0.164. The lowest BCUT2D eigenvalue weighted by molar-refractivity contribution is 0.137. The molecule has 0 fully saturated rings. The largest absolute Gasteiger partial charge is 0.440 e. The predicted molar refractivity (Wildman–Crippen MR) is 88.6 cm³/mol. The van der Waals surface area contributed by atoms with Crippen molar-refractivity contribution in [3.8, 4) is 22.9 Å². The van der Waals surface area contributed by atoms with Gasteiger partial charge >= 0.3 is 0 Å². The minimum Gasteiger partial charge on any atom is -0.440 e. The molecule has 1 aliphatic rings. The van der Waals surface area contributed by atoms with Gasteiger partial charge < -0.3 is 15.2 Å². The molecule has 23 heavy (non-hydrogen) atoms. The lowest BCUT2D eigenvalue weighted by atomic mass is 9.88. The van der Waals surface area contributed by atoms with E-state index in [9.17, 15) is 5.26 Å². The Morgan fingerprint density at radius 2 is 1.96 bits per heavy atom. The molecule has 0 aliphatic carbocycles. The Morgan fingerprint density at radius 3 is 2.65 bits per heavy atom. The number of hydrogen-bond acceptors (Lipinski definition) is 4. The minimum atomic E-state index is -0.202. The van der Waals surface area contributed by atoms with Crippen LogP contribution in [0.5, 0.6) is 5.75 Å². The van der Waals surface area contributed by atoms with Crippen molar-refractivity contribution < 1.29 is 9.47 Å². The van der Waals surface area contributed by atoms with Crippen LogP contribution in [0.2, 0.25) is 0 Å². The average Bonchev–Trinajstić information content (AvgIpc) is 2.59. The maximum absolute atomic E-state index is 9.42. The van der Waals surface area contributed by atoms with Gasteiger partial charge in [0.05, 0.1) is 18.1 Å². The second kappa shape index (κ2) is 6.55. The van der Waals surface area contributed by atoms with E-state index in [1.807, 2.05) is 37.3 Å². The lowest BCUT2D eigenvalue weighted by Gasteiger charge is -2.26. The highest BCUT2D eigenvalue weighted by Gasteiger charge is 2.29. The van der Waals surface area contributed by atoms with Gasteiger partial charge in [-0.05, 0) is 30.2 Å². The third kappa shape index (κ3) is 2.92. The molecule has 1 heterocycles. The monoisotopic (exact) mass is 306 g/mol.